The van der Waals surface area contributed by atoms with E-state index in [0.717, 1.165) is 0 Å². The summed E-state index contributed by atoms with van der Waals surface area (Å²) in [6.45, 7) is 1.21. The van der Waals surface area contributed by atoms with Crippen LogP contribution in [0.5, 0.6) is 5.88 Å². The van der Waals surface area contributed by atoms with Crippen molar-refractivity contribution < 1.29 is 14.6 Å². The van der Waals surface area contributed by atoms with Gasteiger partial charge in [-0.05, 0) is 24.6 Å². The first-order valence-electron chi connectivity index (χ1n) is 8.01. The molecule has 132 valence electrons. The van der Waals surface area contributed by atoms with Crippen molar-refractivity contribution >= 4 is 11.9 Å². The van der Waals surface area contributed by atoms with E-state index in [9.17, 15) is 9.90 Å². The van der Waals surface area contributed by atoms with Crippen molar-refractivity contribution in [2.75, 3.05) is 38.7 Å². The fourth-order valence-electron chi connectivity index (χ4n) is 3.05. The van der Waals surface area contributed by atoms with Crippen LogP contribution >= 0.6 is 0 Å². The molecule has 0 saturated carbocycles. The number of likely N-dealkylation sites (N-methyl/N-ethyl adjacent to an activating group) is 1. The van der Waals surface area contributed by atoms with Gasteiger partial charge in [-0.2, -0.15) is 0 Å². The maximum absolute atomic E-state index is 12.7. The lowest BCUT2D eigenvalue weighted by Crippen LogP contribution is -2.46. The number of hydrogen-bond donors (Lipinski definition) is 1. The number of amides is 1. The van der Waals surface area contributed by atoms with E-state index in [0.29, 0.717) is 31.0 Å². The van der Waals surface area contributed by atoms with Gasteiger partial charge in [0, 0.05) is 32.2 Å². The number of methoxy groups -OCH3 is 1. The van der Waals surface area contributed by atoms with Gasteiger partial charge in [-0.1, -0.05) is 0 Å². The molecule has 0 bridgehead atoms. The fraction of sp³-hybridized carbons (Fsp3) is 0.412. The molecular formula is C17H21N5O3. The van der Waals surface area contributed by atoms with Crippen LogP contribution in [0.15, 0.2) is 36.8 Å². The number of rotatable bonds is 5. The van der Waals surface area contributed by atoms with Gasteiger partial charge in [0.05, 0.1) is 20.2 Å². The van der Waals surface area contributed by atoms with Gasteiger partial charge in [0.2, 0.25) is 11.8 Å². The molecule has 1 aliphatic rings. The van der Waals surface area contributed by atoms with E-state index < -0.39 is 5.60 Å². The van der Waals surface area contributed by atoms with Gasteiger partial charge in [0.15, 0.2) is 0 Å². The van der Waals surface area contributed by atoms with Crippen molar-refractivity contribution in [3.8, 4) is 5.88 Å². The minimum Gasteiger partial charge on any atom is -0.480 e. The van der Waals surface area contributed by atoms with Gasteiger partial charge < -0.3 is 19.6 Å². The van der Waals surface area contributed by atoms with Crippen LogP contribution in [0.4, 0.5) is 5.95 Å². The molecule has 0 radical (unpaired) electrons. The standard InChI is InChI=1S/C17H21N5O3/c1-21(15(23)13-5-3-7-18-14(13)25-2)11-17(24)6-10-22(12-17)16-19-8-4-9-20-16/h3-5,7-9,24H,6,10-12H2,1-2H3/t17-/m0/s1. The van der Waals surface area contributed by atoms with Crippen molar-refractivity contribution in [1.82, 2.24) is 19.9 Å². The number of carbonyl (C=O) groups is 1. The van der Waals surface area contributed by atoms with Crippen LogP contribution in [0, 0.1) is 0 Å². The van der Waals surface area contributed by atoms with Crippen LogP contribution in [0.1, 0.15) is 16.8 Å². The van der Waals surface area contributed by atoms with E-state index in [2.05, 4.69) is 15.0 Å². The number of aromatic nitrogens is 3. The molecule has 8 heteroatoms. The Balaban J connectivity index is 1.68. The van der Waals surface area contributed by atoms with E-state index in [-0.39, 0.29) is 18.3 Å². The lowest BCUT2D eigenvalue weighted by Gasteiger charge is -2.29. The monoisotopic (exact) mass is 343 g/mol. The summed E-state index contributed by atoms with van der Waals surface area (Å²) in [5.41, 5.74) is -0.642. The van der Waals surface area contributed by atoms with Crippen molar-refractivity contribution in [1.29, 1.82) is 0 Å². The number of β-amino-alcohol motifs (C(OH)–C–C–N with tert-alkyl or cyclic N) is 1. The predicted octanol–water partition coefficient (Wildman–Crippen LogP) is 0.594. The largest absolute Gasteiger partial charge is 0.480 e. The Kier molecular flexibility index (Phi) is 4.80. The van der Waals surface area contributed by atoms with Crippen molar-refractivity contribution in [2.24, 2.45) is 0 Å². The van der Waals surface area contributed by atoms with Crippen LogP contribution in [-0.2, 0) is 0 Å². The fourth-order valence-corrected chi connectivity index (χ4v) is 3.05. The third-order valence-corrected chi connectivity index (χ3v) is 4.24. The number of ether oxygens (including phenoxy) is 1. The van der Waals surface area contributed by atoms with Crippen LogP contribution in [-0.4, -0.2) is 70.3 Å². The lowest BCUT2D eigenvalue weighted by molar-refractivity contribution is 0.0262. The van der Waals surface area contributed by atoms with Crippen LogP contribution in [0.3, 0.4) is 0 Å². The SMILES string of the molecule is COc1ncccc1C(=O)N(C)C[C@@]1(O)CCN(c2ncccn2)C1. The Hall–Kier alpha value is -2.74. The molecule has 3 rings (SSSR count). The number of aliphatic hydroxyl groups is 1. The summed E-state index contributed by atoms with van der Waals surface area (Å²) in [7, 11) is 3.13. The Morgan fingerprint density at radius 2 is 2.04 bits per heavy atom. The molecule has 1 fully saturated rings. The zero-order valence-electron chi connectivity index (χ0n) is 14.3. The highest BCUT2D eigenvalue weighted by molar-refractivity contribution is 5.96. The highest BCUT2D eigenvalue weighted by atomic mass is 16.5. The first kappa shape index (κ1) is 17.1. The van der Waals surface area contributed by atoms with Gasteiger partial charge in [-0.15, -0.1) is 0 Å². The summed E-state index contributed by atoms with van der Waals surface area (Å²) >= 11 is 0. The molecule has 1 aliphatic heterocycles. The molecule has 0 unspecified atom stereocenters. The van der Waals surface area contributed by atoms with Crippen molar-refractivity contribution in [3.05, 3.63) is 42.4 Å². The first-order valence-corrected chi connectivity index (χ1v) is 8.01. The summed E-state index contributed by atoms with van der Waals surface area (Å²) in [6.07, 6.45) is 5.44. The maximum atomic E-state index is 12.7. The predicted molar refractivity (Wildman–Crippen MR) is 91.6 cm³/mol. The number of carbonyl (C=O) groups excluding carboxylic acids is 1. The van der Waals surface area contributed by atoms with Crippen LogP contribution in [0.2, 0.25) is 0 Å². The molecule has 8 nitrogen and oxygen atoms in total. The minimum atomic E-state index is -1.01. The minimum absolute atomic E-state index is 0.202. The average molecular weight is 343 g/mol. The molecule has 0 aromatic carbocycles. The Morgan fingerprint density at radius 3 is 2.76 bits per heavy atom. The zero-order valence-corrected chi connectivity index (χ0v) is 14.3. The molecule has 0 spiro atoms. The van der Waals surface area contributed by atoms with E-state index in [1.807, 2.05) is 4.90 Å². The highest BCUT2D eigenvalue weighted by Gasteiger charge is 2.39. The number of pyridine rings is 1. The van der Waals surface area contributed by atoms with E-state index in [4.69, 9.17) is 4.74 Å². The second-order valence-corrected chi connectivity index (χ2v) is 6.17. The summed E-state index contributed by atoms with van der Waals surface area (Å²) in [6, 6.07) is 5.09. The van der Waals surface area contributed by atoms with Crippen molar-refractivity contribution in [3.63, 3.8) is 0 Å². The second-order valence-electron chi connectivity index (χ2n) is 6.17. The Bertz CT molecular complexity index is 742. The third-order valence-electron chi connectivity index (χ3n) is 4.24. The molecule has 1 saturated heterocycles. The highest BCUT2D eigenvalue weighted by Crippen LogP contribution is 2.26. The zero-order chi connectivity index (χ0) is 17.9. The normalized spacial score (nSPS) is 19.7. The van der Waals surface area contributed by atoms with E-state index >= 15 is 0 Å². The topological polar surface area (TPSA) is 91.7 Å². The van der Waals surface area contributed by atoms with Crippen LogP contribution < -0.4 is 9.64 Å². The summed E-state index contributed by atoms with van der Waals surface area (Å²) < 4.78 is 5.14. The molecule has 3 heterocycles. The van der Waals surface area contributed by atoms with Gasteiger partial charge in [-0.25, -0.2) is 15.0 Å². The average Bonchev–Trinajstić information content (AvgIpc) is 3.03. The smallest absolute Gasteiger partial charge is 0.259 e. The Morgan fingerprint density at radius 1 is 1.32 bits per heavy atom. The molecular weight excluding hydrogens is 322 g/mol. The van der Waals surface area contributed by atoms with Gasteiger partial charge in [0.25, 0.3) is 5.91 Å². The molecule has 1 atom stereocenters. The quantitative estimate of drug-likeness (QED) is 0.849. The number of anilines is 1. The van der Waals surface area contributed by atoms with Gasteiger partial charge in [0.1, 0.15) is 11.2 Å². The van der Waals surface area contributed by atoms with E-state index in [1.54, 1.807) is 43.8 Å². The van der Waals surface area contributed by atoms with E-state index in [1.165, 1.54) is 12.0 Å². The van der Waals surface area contributed by atoms with Crippen molar-refractivity contribution in [2.45, 2.75) is 12.0 Å². The lowest BCUT2D eigenvalue weighted by atomic mass is 10.0. The number of hydrogen-bond acceptors (Lipinski definition) is 7. The van der Waals surface area contributed by atoms with Crippen LogP contribution in [0.25, 0.3) is 0 Å². The first-order chi connectivity index (χ1) is 12.0. The molecule has 2 aromatic heterocycles. The molecule has 0 aliphatic carbocycles. The third kappa shape index (κ3) is 3.69. The second kappa shape index (κ2) is 7.02. The van der Waals surface area contributed by atoms with Gasteiger partial charge >= 0.3 is 0 Å². The maximum Gasteiger partial charge on any atom is 0.259 e. The molecule has 2 aromatic rings. The Labute approximate surface area is 146 Å². The summed E-state index contributed by atoms with van der Waals surface area (Å²) in [5, 5.41) is 10.9. The molecule has 1 N–H and O–H groups in total. The summed E-state index contributed by atoms with van der Waals surface area (Å²) in [4.78, 5) is 28.5. The number of nitrogens with zero attached hydrogens (tertiary/aromatic N) is 5. The molecule has 1 amide bonds. The summed E-state index contributed by atoms with van der Waals surface area (Å²) in [5.74, 6) is 0.617. The molecule has 25 heavy (non-hydrogen) atoms. The van der Waals surface area contributed by atoms with Gasteiger partial charge in [-0.3, -0.25) is 4.79 Å².